The van der Waals surface area contributed by atoms with E-state index >= 15 is 0 Å². The lowest BCUT2D eigenvalue weighted by molar-refractivity contribution is 0.0600. The second-order valence-electron chi connectivity index (χ2n) is 4.89. The molecule has 0 aliphatic heterocycles. The van der Waals surface area contributed by atoms with Crippen LogP contribution in [-0.4, -0.2) is 24.1 Å². The second-order valence-corrected chi connectivity index (χ2v) is 5.71. The summed E-state index contributed by atoms with van der Waals surface area (Å²) in [5.74, 6) is -0.946. The van der Waals surface area contributed by atoms with Crippen LogP contribution in [-0.2, 0) is 4.74 Å². The molecule has 0 saturated carbocycles. The van der Waals surface area contributed by atoms with E-state index in [1.165, 1.54) is 13.2 Å². The number of hydrogen-bond donors (Lipinski definition) is 2. The molecule has 1 amide bonds. The number of esters is 1. The van der Waals surface area contributed by atoms with Crippen LogP contribution in [0, 0.1) is 6.92 Å². The molecule has 0 aromatic heterocycles. The summed E-state index contributed by atoms with van der Waals surface area (Å²) in [6.45, 7) is 1.84. The molecule has 2 aromatic rings. The number of benzene rings is 2. The van der Waals surface area contributed by atoms with Crippen LogP contribution in [0.15, 0.2) is 42.5 Å². The van der Waals surface area contributed by atoms with E-state index in [1.54, 1.807) is 36.4 Å². The van der Waals surface area contributed by atoms with Gasteiger partial charge < -0.3 is 10.1 Å². The van der Waals surface area contributed by atoms with Gasteiger partial charge in [-0.05, 0) is 55.0 Å². The van der Waals surface area contributed by atoms with Crippen LogP contribution < -0.4 is 10.6 Å². The molecule has 24 heavy (non-hydrogen) atoms. The molecule has 0 bridgehead atoms. The van der Waals surface area contributed by atoms with Crippen LogP contribution in [0.2, 0.25) is 5.02 Å². The number of thiocarbonyl (C=S) groups is 1. The Balaban J connectivity index is 2.08. The molecule has 0 aliphatic carbocycles. The number of carbonyl (C=O) groups excluding carboxylic acids is 2. The summed E-state index contributed by atoms with van der Waals surface area (Å²) in [6, 6.07) is 11.5. The van der Waals surface area contributed by atoms with Crippen molar-refractivity contribution in [2.75, 3.05) is 12.4 Å². The number of ether oxygens (including phenoxy) is 1. The molecule has 2 N–H and O–H groups in total. The zero-order valence-corrected chi connectivity index (χ0v) is 14.6. The predicted molar refractivity (Wildman–Crippen MR) is 97.7 cm³/mol. The summed E-state index contributed by atoms with van der Waals surface area (Å²) in [5, 5.41) is 6.22. The number of rotatable bonds is 3. The lowest BCUT2D eigenvalue weighted by Crippen LogP contribution is -2.34. The SMILES string of the molecule is COC(=O)c1cccc(C(=O)NC(=S)Nc2cccc(Cl)c2C)c1. The molecule has 0 heterocycles. The van der Waals surface area contributed by atoms with Gasteiger partial charge in [-0.3, -0.25) is 10.1 Å². The summed E-state index contributed by atoms with van der Waals surface area (Å²) >= 11 is 11.2. The summed E-state index contributed by atoms with van der Waals surface area (Å²) in [6.07, 6.45) is 0. The van der Waals surface area contributed by atoms with Crippen LogP contribution in [0.5, 0.6) is 0 Å². The van der Waals surface area contributed by atoms with Crippen molar-refractivity contribution < 1.29 is 14.3 Å². The number of halogens is 1. The minimum absolute atomic E-state index is 0.133. The van der Waals surface area contributed by atoms with Gasteiger partial charge in [0.2, 0.25) is 0 Å². The summed E-state index contributed by atoms with van der Waals surface area (Å²) in [5.41, 5.74) is 2.11. The lowest BCUT2D eigenvalue weighted by atomic mass is 10.1. The van der Waals surface area contributed by atoms with E-state index in [2.05, 4.69) is 15.4 Å². The van der Waals surface area contributed by atoms with Gasteiger partial charge in [-0.25, -0.2) is 4.79 Å². The van der Waals surface area contributed by atoms with E-state index in [4.69, 9.17) is 23.8 Å². The monoisotopic (exact) mass is 362 g/mol. The Bertz CT molecular complexity index is 808. The molecule has 5 nitrogen and oxygen atoms in total. The fraction of sp³-hybridized carbons (Fsp3) is 0.118. The van der Waals surface area contributed by atoms with E-state index in [9.17, 15) is 9.59 Å². The number of amides is 1. The molecule has 0 unspecified atom stereocenters. The maximum atomic E-state index is 12.2. The molecule has 2 aromatic carbocycles. The van der Waals surface area contributed by atoms with E-state index < -0.39 is 11.9 Å². The Kier molecular flexibility index (Phi) is 5.89. The van der Waals surface area contributed by atoms with Gasteiger partial charge in [-0.15, -0.1) is 0 Å². The third-order valence-electron chi connectivity index (χ3n) is 3.29. The van der Waals surface area contributed by atoms with Crippen molar-refractivity contribution in [1.29, 1.82) is 0 Å². The summed E-state index contributed by atoms with van der Waals surface area (Å²) < 4.78 is 4.63. The zero-order chi connectivity index (χ0) is 17.7. The van der Waals surface area contributed by atoms with Gasteiger partial charge in [0.15, 0.2) is 5.11 Å². The Morgan fingerprint density at radius 3 is 2.50 bits per heavy atom. The van der Waals surface area contributed by atoms with Crippen molar-refractivity contribution in [2.24, 2.45) is 0 Å². The minimum atomic E-state index is -0.514. The number of nitrogens with one attached hydrogen (secondary N) is 2. The molecule has 0 atom stereocenters. The predicted octanol–water partition coefficient (Wildman–Crippen LogP) is 3.56. The standard InChI is InChI=1S/C17H15ClN2O3S/c1-10-13(18)7-4-8-14(10)19-17(24)20-15(21)11-5-3-6-12(9-11)16(22)23-2/h3-9H,1-2H3,(H2,19,20,21,24). The van der Waals surface area contributed by atoms with Crippen molar-refractivity contribution in [2.45, 2.75) is 6.92 Å². The topological polar surface area (TPSA) is 67.4 Å². The van der Waals surface area contributed by atoms with Crippen molar-refractivity contribution in [3.63, 3.8) is 0 Å². The van der Waals surface area contributed by atoms with Gasteiger partial charge in [-0.1, -0.05) is 23.7 Å². The van der Waals surface area contributed by atoms with Crippen LogP contribution in [0.1, 0.15) is 26.3 Å². The van der Waals surface area contributed by atoms with Crippen LogP contribution >= 0.6 is 23.8 Å². The summed E-state index contributed by atoms with van der Waals surface area (Å²) in [4.78, 5) is 23.8. The Morgan fingerprint density at radius 1 is 1.12 bits per heavy atom. The number of methoxy groups -OCH3 is 1. The fourth-order valence-corrected chi connectivity index (χ4v) is 2.35. The van der Waals surface area contributed by atoms with E-state index in [0.717, 1.165) is 5.56 Å². The normalized spacial score (nSPS) is 9.96. The summed E-state index contributed by atoms with van der Waals surface area (Å²) in [7, 11) is 1.28. The highest BCUT2D eigenvalue weighted by molar-refractivity contribution is 7.80. The van der Waals surface area contributed by atoms with Crippen molar-refractivity contribution in [3.8, 4) is 0 Å². The van der Waals surface area contributed by atoms with Gasteiger partial charge in [0.25, 0.3) is 5.91 Å². The molecule has 0 aliphatic rings. The van der Waals surface area contributed by atoms with Crippen LogP contribution in [0.25, 0.3) is 0 Å². The Labute approximate surface area is 150 Å². The molecule has 7 heteroatoms. The maximum Gasteiger partial charge on any atom is 0.337 e. The van der Waals surface area contributed by atoms with E-state index in [0.29, 0.717) is 16.3 Å². The zero-order valence-electron chi connectivity index (χ0n) is 13.1. The molecule has 0 saturated heterocycles. The fourth-order valence-electron chi connectivity index (χ4n) is 1.98. The number of anilines is 1. The third-order valence-corrected chi connectivity index (χ3v) is 3.90. The molecule has 124 valence electrons. The Hall–Kier alpha value is -2.44. The average molecular weight is 363 g/mol. The average Bonchev–Trinajstić information content (AvgIpc) is 2.58. The van der Waals surface area contributed by atoms with E-state index in [1.807, 2.05) is 6.92 Å². The molecular formula is C17H15ClN2O3S. The maximum absolute atomic E-state index is 12.2. The lowest BCUT2D eigenvalue weighted by Gasteiger charge is -2.12. The van der Waals surface area contributed by atoms with Gasteiger partial charge in [0.1, 0.15) is 0 Å². The first kappa shape index (κ1) is 17.9. The second kappa shape index (κ2) is 7.90. The van der Waals surface area contributed by atoms with Crippen molar-refractivity contribution >= 4 is 46.5 Å². The van der Waals surface area contributed by atoms with Gasteiger partial charge in [0, 0.05) is 16.3 Å². The first-order valence-electron chi connectivity index (χ1n) is 6.98. The first-order chi connectivity index (χ1) is 11.4. The molecule has 0 fully saturated rings. The first-order valence-corrected chi connectivity index (χ1v) is 7.77. The molecular weight excluding hydrogens is 348 g/mol. The highest BCUT2D eigenvalue weighted by atomic mass is 35.5. The van der Waals surface area contributed by atoms with Crippen molar-refractivity contribution in [3.05, 3.63) is 64.2 Å². The third kappa shape index (κ3) is 4.31. The van der Waals surface area contributed by atoms with Crippen LogP contribution in [0.4, 0.5) is 5.69 Å². The van der Waals surface area contributed by atoms with Crippen LogP contribution in [0.3, 0.4) is 0 Å². The van der Waals surface area contributed by atoms with Gasteiger partial charge in [0.05, 0.1) is 12.7 Å². The quantitative estimate of drug-likeness (QED) is 0.645. The highest BCUT2D eigenvalue weighted by Crippen LogP contribution is 2.22. The molecule has 0 radical (unpaired) electrons. The largest absolute Gasteiger partial charge is 0.465 e. The Morgan fingerprint density at radius 2 is 1.79 bits per heavy atom. The van der Waals surface area contributed by atoms with Gasteiger partial charge in [-0.2, -0.15) is 0 Å². The highest BCUT2D eigenvalue weighted by Gasteiger charge is 2.12. The molecule has 2 rings (SSSR count). The number of hydrogen-bond acceptors (Lipinski definition) is 4. The van der Waals surface area contributed by atoms with Crippen molar-refractivity contribution in [1.82, 2.24) is 5.32 Å². The molecule has 0 spiro atoms. The number of carbonyl (C=O) groups is 2. The minimum Gasteiger partial charge on any atom is -0.465 e. The smallest absolute Gasteiger partial charge is 0.337 e. The van der Waals surface area contributed by atoms with E-state index in [-0.39, 0.29) is 10.7 Å². The van der Waals surface area contributed by atoms with Gasteiger partial charge >= 0.3 is 5.97 Å².